The largest absolute Gasteiger partial charge is 0.384 e. The topological polar surface area (TPSA) is 28.2 Å². The quantitative estimate of drug-likeness (QED) is 0.808. The fourth-order valence-corrected chi connectivity index (χ4v) is 2.67. The molecule has 0 saturated carbocycles. The molecule has 0 radical (unpaired) electrons. The summed E-state index contributed by atoms with van der Waals surface area (Å²) in [6.07, 6.45) is 7.12. The first kappa shape index (κ1) is 14.2. The minimum absolute atomic E-state index is 0.573. The van der Waals surface area contributed by atoms with Crippen LogP contribution in [0.4, 0.5) is 11.4 Å². The van der Waals surface area contributed by atoms with Crippen molar-refractivity contribution in [3.63, 3.8) is 0 Å². The van der Waals surface area contributed by atoms with Crippen molar-refractivity contribution in [3.05, 3.63) is 18.5 Å². The summed E-state index contributed by atoms with van der Waals surface area (Å²) in [5.74, 6) is 1.15. The van der Waals surface area contributed by atoms with E-state index in [2.05, 4.69) is 48.4 Å². The maximum absolute atomic E-state index is 4.29. The van der Waals surface area contributed by atoms with Crippen molar-refractivity contribution in [2.45, 2.75) is 26.3 Å². The fraction of sp³-hybridized carbons (Fsp3) is 0.615. The number of hydrogen-bond acceptors (Lipinski definition) is 4. The van der Waals surface area contributed by atoms with E-state index in [9.17, 15) is 0 Å². The van der Waals surface area contributed by atoms with E-state index in [-0.39, 0.29) is 0 Å². The van der Waals surface area contributed by atoms with Gasteiger partial charge in [-0.3, -0.25) is 4.98 Å². The van der Waals surface area contributed by atoms with Crippen molar-refractivity contribution in [2.75, 3.05) is 35.8 Å². The predicted molar refractivity (Wildman–Crippen MR) is 79.3 cm³/mol. The summed E-state index contributed by atoms with van der Waals surface area (Å²) in [5.41, 5.74) is 2.28. The number of pyridine rings is 1. The van der Waals surface area contributed by atoms with Gasteiger partial charge in [-0.2, -0.15) is 11.8 Å². The van der Waals surface area contributed by atoms with Gasteiger partial charge in [-0.25, -0.2) is 0 Å². The van der Waals surface area contributed by atoms with Crippen molar-refractivity contribution < 1.29 is 0 Å². The molecule has 1 rings (SSSR count). The van der Waals surface area contributed by atoms with Crippen LogP contribution in [0.3, 0.4) is 0 Å². The van der Waals surface area contributed by atoms with Gasteiger partial charge in [0.15, 0.2) is 0 Å². The first-order valence-electron chi connectivity index (χ1n) is 6.13. The second kappa shape index (κ2) is 7.43. The normalized spacial score (nSPS) is 12.2. The van der Waals surface area contributed by atoms with Gasteiger partial charge in [0.05, 0.1) is 23.8 Å². The molecule has 0 spiro atoms. The van der Waals surface area contributed by atoms with Crippen LogP contribution in [-0.4, -0.2) is 36.6 Å². The first-order valence-corrected chi connectivity index (χ1v) is 7.53. The molecule has 0 fully saturated rings. The molecule has 3 nitrogen and oxygen atoms in total. The standard InChI is InChI=1S/C13H23N3S/c1-5-12(10-17-4)16(3)13-7-11(15-6-2)8-14-9-13/h7-9,12,15H,5-6,10H2,1-4H3. The molecule has 1 atom stereocenters. The van der Waals surface area contributed by atoms with E-state index in [0.717, 1.165) is 24.4 Å². The Labute approximate surface area is 109 Å². The summed E-state index contributed by atoms with van der Waals surface area (Å²) in [6, 6.07) is 2.74. The molecule has 0 saturated heterocycles. The van der Waals surface area contributed by atoms with Crippen LogP contribution in [0.15, 0.2) is 18.5 Å². The third-order valence-electron chi connectivity index (χ3n) is 2.89. The van der Waals surface area contributed by atoms with E-state index >= 15 is 0 Å². The Morgan fingerprint density at radius 2 is 2.18 bits per heavy atom. The minimum Gasteiger partial charge on any atom is -0.384 e. The van der Waals surface area contributed by atoms with Gasteiger partial charge in [-0.15, -0.1) is 0 Å². The van der Waals surface area contributed by atoms with Gasteiger partial charge in [-0.1, -0.05) is 6.92 Å². The highest BCUT2D eigenvalue weighted by Gasteiger charge is 2.13. The first-order chi connectivity index (χ1) is 8.22. The van der Waals surface area contributed by atoms with Crippen LogP contribution in [-0.2, 0) is 0 Å². The smallest absolute Gasteiger partial charge is 0.0573 e. The molecule has 1 unspecified atom stereocenters. The van der Waals surface area contributed by atoms with E-state index in [4.69, 9.17) is 0 Å². The molecule has 0 aliphatic heterocycles. The zero-order valence-electron chi connectivity index (χ0n) is 11.2. The maximum atomic E-state index is 4.29. The second-order valence-corrected chi connectivity index (χ2v) is 5.00. The highest BCUT2D eigenvalue weighted by atomic mass is 32.2. The number of nitrogens with zero attached hydrogens (tertiary/aromatic N) is 2. The minimum atomic E-state index is 0.573. The molecule has 96 valence electrons. The Kier molecular flexibility index (Phi) is 6.19. The van der Waals surface area contributed by atoms with Gasteiger partial charge >= 0.3 is 0 Å². The summed E-state index contributed by atoms with van der Waals surface area (Å²) < 4.78 is 0. The Morgan fingerprint density at radius 3 is 2.76 bits per heavy atom. The van der Waals surface area contributed by atoms with Crippen molar-refractivity contribution in [1.29, 1.82) is 0 Å². The summed E-state index contributed by atoms with van der Waals surface area (Å²) in [7, 11) is 2.15. The molecular formula is C13H23N3S. The molecule has 0 bridgehead atoms. The lowest BCUT2D eigenvalue weighted by molar-refractivity contribution is 0.672. The monoisotopic (exact) mass is 253 g/mol. The fourth-order valence-electron chi connectivity index (χ4n) is 1.83. The molecular weight excluding hydrogens is 230 g/mol. The van der Waals surface area contributed by atoms with Crippen LogP contribution in [0, 0.1) is 0 Å². The van der Waals surface area contributed by atoms with Gasteiger partial charge in [0.2, 0.25) is 0 Å². The zero-order valence-corrected chi connectivity index (χ0v) is 12.0. The molecule has 0 aromatic carbocycles. The summed E-state index contributed by atoms with van der Waals surface area (Å²) >= 11 is 1.89. The third kappa shape index (κ3) is 4.11. The average molecular weight is 253 g/mol. The van der Waals surface area contributed by atoms with Crippen molar-refractivity contribution >= 4 is 23.1 Å². The lowest BCUT2D eigenvalue weighted by Crippen LogP contribution is -2.33. The summed E-state index contributed by atoms with van der Waals surface area (Å²) in [6.45, 7) is 5.26. The van der Waals surface area contributed by atoms with Gasteiger partial charge < -0.3 is 10.2 Å². The zero-order chi connectivity index (χ0) is 12.7. The van der Waals surface area contributed by atoms with Crippen LogP contribution >= 0.6 is 11.8 Å². The Balaban J connectivity index is 2.79. The molecule has 1 heterocycles. The highest BCUT2D eigenvalue weighted by molar-refractivity contribution is 7.98. The lowest BCUT2D eigenvalue weighted by Gasteiger charge is -2.28. The summed E-state index contributed by atoms with van der Waals surface area (Å²) in [4.78, 5) is 6.61. The lowest BCUT2D eigenvalue weighted by atomic mass is 10.2. The molecule has 0 amide bonds. The van der Waals surface area contributed by atoms with Crippen LogP contribution < -0.4 is 10.2 Å². The molecule has 1 aromatic heterocycles. The van der Waals surface area contributed by atoms with Gasteiger partial charge in [-0.05, 0) is 25.7 Å². The molecule has 0 aliphatic carbocycles. The van der Waals surface area contributed by atoms with E-state index in [0.29, 0.717) is 6.04 Å². The highest BCUT2D eigenvalue weighted by Crippen LogP contribution is 2.21. The molecule has 17 heavy (non-hydrogen) atoms. The van der Waals surface area contributed by atoms with E-state index in [1.807, 2.05) is 24.2 Å². The maximum Gasteiger partial charge on any atom is 0.0573 e. The van der Waals surface area contributed by atoms with Crippen LogP contribution in [0.25, 0.3) is 0 Å². The Hall–Kier alpha value is -0.900. The Morgan fingerprint density at radius 1 is 1.41 bits per heavy atom. The van der Waals surface area contributed by atoms with Crippen LogP contribution in [0.2, 0.25) is 0 Å². The van der Waals surface area contributed by atoms with Gasteiger partial charge in [0, 0.05) is 25.4 Å². The number of aromatic nitrogens is 1. The number of nitrogens with one attached hydrogen (secondary N) is 1. The van der Waals surface area contributed by atoms with E-state index in [1.165, 1.54) is 5.69 Å². The van der Waals surface area contributed by atoms with Crippen LogP contribution in [0.1, 0.15) is 20.3 Å². The SMILES string of the molecule is CCNc1cncc(N(C)C(CC)CSC)c1. The van der Waals surface area contributed by atoms with Crippen LogP contribution in [0.5, 0.6) is 0 Å². The second-order valence-electron chi connectivity index (χ2n) is 4.09. The number of rotatable bonds is 7. The Bertz CT molecular complexity index is 330. The van der Waals surface area contributed by atoms with Crippen molar-refractivity contribution in [1.82, 2.24) is 4.98 Å². The molecule has 0 aliphatic rings. The molecule has 1 N–H and O–H groups in total. The van der Waals surface area contributed by atoms with Gasteiger partial charge in [0.1, 0.15) is 0 Å². The number of hydrogen-bond donors (Lipinski definition) is 1. The number of thioether (sulfide) groups is 1. The van der Waals surface area contributed by atoms with Crippen molar-refractivity contribution in [2.24, 2.45) is 0 Å². The predicted octanol–water partition coefficient (Wildman–Crippen LogP) is 3.09. The summed E-state index contributed by atoms with van der Waals surface area (Å²) in [5, 5.41) is 3.30. The molecule has 1 aromatic rings. The third-order valence-corrected chi connectivity index (χ3v) is 3.61. The number of anilines is 2. The van der Waals surface area contributed by atoms with E-state index in [1.54, 1.807) is 0 Å². The van der Waals surface area contributed by atoms with Crippen molar-refractivity contribution in [3.8, 4) is 0 Å². The molecule has 4 heteroatoms. The van der Waals surface area contributed by atoms with E-state index < -0.39 is 0 Å². The average Bonchev–Trinajstić information content (AvgIpc) is 2.36. The van der Waals surface area contributed by atoms with Gasteiger partial charge in [0.25, 0.3) is 0 Å².